The number of aromatic nitrogens is 3. The zero-order valence-electron chi connectivity index (χ0n) is 22.4. The first-order valence-electron chi connectivity index (χ1n) is 13.4. The fraction of sp³-hybridized carbons (Fsp3) is 0.464. The van der Waals surface area contributed by atoms with E-state index in [0.717, 1.165) is 6.07 Å². The molecule has 3 aromatic rings. The fourth-order valence-electron chi connectivity index (χ4n) is 4.78. The molecule has 0 N–H and O–H groups in total. The van der Waals surface area contributed by atoms with Crippen LogP contribution in [0.4, 0.5) is 19.0 Å². The monoisotopic (exact) mass is 590 g/mol. The molecule has 2 saturated heterocycles. The molecule has 0 amide bonds. The number of alkyl halides is 3. The van der Waals surface area contributed by atoms with Crippen LogP contribution in [0.5, 0.6) is 5.75 Å². The van der Waals surface area contributed by atoms with Crippen molar-refractivity contribution >= 4 is 28.9 Å². The molecule has 0 spiro atoms. The summed E-state index contributed by atoms with van der Waals surface area (Å²) in [6.07, 6.45) is -0.296. The van der Waals surface area contributed by atoms with Crippen LogP contribution >= 0.6 is 11.3 Å². The lowest BCUT2D eigenvalue weighted by atomic mass is 9.97. The van der Waals surface area contributed by atoms with Crippen LogP contribution in [0.15, 0.2) is 36.0 Å². The highest BCUT2D eigenvalue weighted by molar-refractivity contribution is 7.10. The van der Waals surface area contributed by atoms with Gasteiger partial charge < -0.3 is 19.1 Å². The number of thiazole rings is 1. The molecule has 2 aliphatic heterocycles. The highest BCUT2D eigenvalue weighted by Crippen LogP contribution is 2.39. The first kappa shape index (κ1) is 28.9. The molecule has 218 valence electrons. The molecule has 2 aliphatic rings. The molecule has 4 heterocycles. The van der Waals surface area contributed by atoms with Crippen LogP contribution in [0, 0.1) is 5.92 Å². The van der Waals surface area contributed by atoms with Crippen molar-refractivity contribution < 1.29 is 37.0 Å². The molecule has 5 rings (SSSR count). The van der Waals surface area contributed by atoms with Gasteiger partial charge in [0.15, 0.2) is 5.78 Å². The zero-order valence-corrected chi connectivity index (χ0v) is 23.2. The van der Waals surface area contributed by atoms with E-state index in [1.54, 1.807) is 12.3 Å². The fourth-order valence-corrected chi connectivity index (χ4v) is 5.59. The summed E-state index contributed by atoms with van der Waals surface area (Å²) in [6.45, 7) is 4.12. The summed E-state index contributed by atoms with van der Waals surface area (Å²) in [4.78, 5) is 39.9. The van der Waals surface area contributed by atoms with E-state index in [-0.39, 0.29) is 47.7 Å². The summed E-state index contributed by atoms with van der Waals surface area (Å²) < 4.78 is 57.3. The summed E-state index contributed by atoms with van der Waals surface area (Å²) in [6, 6.07) is 3.85. The van der Waals surface area contributed by atoms with Crippen LogP contribution in [0.2, 0.25) is 0 Å². The molecule has 0 saturated carbocycles. The molecule has 1 atom stereocenters. The average molecular weight is 591 g/mol. The first-order chi connectivity index (χ1) is 19.7. The molecule has 0 bridgehead atoms. The second-order valence-electron chi connectivity index (χ2n) is 9.81. The van der Waals surface area contributed by atoms with Gasteiger partial charge in [-0.1, -0.05) is 0 Å². The molecule has 13 heteroatoms. The zero-order chi connectivity index (χ0) is 29.0. The minimum atomic E-state index is -4.61. The van der Waals surface area contributed by atoms with E-state index in [2.05, 4.69) is 15.0 Å². The highest BCUT2D eigenvalue weighted by atomic mass is 32.1. The number of hydrogen-bond acceptors (Lipinski definition) is 10. The maximum absolute atomic E-state index is 13.8. The predicted octanol–water partition coefficient (Wildman–Crippen LogP) is 4.99. The number of rotatable bonds is 9. The van der Waals surface area contributed by atoms with Crippen LogP contribution in [-0.4, -0.2) is 65.7 Å². The van der Waals surface area contributed by atoms with E-state index in [1.807, 2.05) is 4.90 Å². The van der Waals surface area contributed by atoms with Gasteiger partial charge >= 0.3 is 12.1 Å². The number of hydrogen-bond donors (Lipinski definition) is 0. The second-order valence-corrected chi connectivity index (χ2v) is 10.8. The minimum absolute atomic E-state index is 0.0569. The number of esters is 1. The van der Waals surface area contributed by atoms with Crippen molar-refractivity contribution in [3.8, 4) is 17.0 Å². The Labute approximate surface area is 238 Å². The van der Waals surface area contributed by atoms with Crippen LogP contribution in [-0.2, 0) is 26.9 Å². The number of benzene rings is 1. The van der Waals surface area contributed by atoms with Crippen molar-refractivity contribution in [2.75, 3.05) is 37.8 Å². The molecule has 9 nitrogen and oxygen atoms in total. The standard InChI is InChI=1S/C28H29F3N4O5S/c1-2-39-27(37)17-5-8-35(9-6-17)25-14-32-21(13-33-25)23(36)12-26-34-22(16-41-26)18-3-4-24(20(11-18)28(29,30)31)40-19-7-10-38-15-19/h3-4,11,13-14,16-17,19H,2,5-10,12,15H2,1H3/t19-/m0/s1. The van der Waals surface area contributed by atoms with Gasteiger partial charge in [-0.2, -0.15) is 13.2 Å². The Bertz CT molecular complexity index is 1370. The average Bonchev–Trinajstić information content (AvgIpc) is 3.65. The molecule has 0 unspecified atom stereocenters. The Balaban J connectivity index is 1.21. The summed E-state index contributed by atoms with van der Waals surface area (Å²) in [5.74, 6) is -0.223. The van der Waals surface area contributed by atoms with Crippen LogP contribution in [0.25, 0.3) is 11.3 Å². The summed E-state index contributed by atoms with van der Waals surface area (Å²) >= 11 is 1.19. The van der Waals surface area contributed by atoms with Gasteiger partial charge in [0.1, 0.15) is 28.4 Å². The minimum Gasteiger partial charge on any atom is -0.487 e. The third-order valence-corrected chi connectivity index (χ3v) is 7.84. The van der Waals surface area contributed by atoms with Crippen molar-refractivity contribution in [1.82, 2.24) is 15.0 Å². The number of ether oxygens (including phenoxy) is 3. The maximum atomic E-state index is 13.8. The van der Waals surface area contributed by atoms with Crippen molar-refractivity contribution in [3.05, 3.63) is 52.2 Å². The van der Waals surface area contributed by atoms with Gasteiger partial charge in [-0.15, -0.1) is 11.3 Å². The van der Waals surface area contributed by atoms with Gasteiger partial charge in [-0.25, -0.2) is 15.0 Å². The lowest BCUT2D eigenvalue weighted by molar-refractivity contribution is -0.148. The summed E-state index contributed by atoms with van der Waals surface area (Å²) in [5, 5.41) is 2.08. The molecular weight excluding hydrogens is 561 g/mol. The number of nitrogens with zero attached hydrogens (tertiary/aromatic N) is 4. The highest BCUT2D eigenvalue weighted by Gasteiger charge is 2.36. The van der Waals surface area contributed by atoms with E-state index in [9.17, 15) is 22.8 Å². The van der Waals surface area contributed by atoms with E-state index in [4.69, 9.17) is 14.2 Å². The molecule has 2 fully saturated rings. The van der Waals surface area contributed by atoms with E-state index in [1.165, 1.54) is 35.9 Å². The predicted molar refractivity (Wildman–Crippen MR) is 144 cm³/mol. The number of piperidine rings is 1. The molecule has 0 radical (unpaired) electrons. The normalized spacial score (nSPS) is 18.0. The van der Waals surface area contributed by atoms with Crippen LogP contribution in [0.3, 0.4) is 0 Å². The number of carbonyl (C=O) groups is 2. The third kappa shape index (κ3) is 7.02. The van der Waals surface area contributed by atoms with Crippen LogP contribution < -0.4 is 9.64 Å². The SMILES string of the molecule is CCOC(=O)C1CCN(c2cnc(C(=O)Cc3nc(-c4ccc(O[C@H]5CCOC5)c(C(F)(F)F)c4)cs3)cn2)CC1. The van der Waals surface area contributed by atoms with Crippen molar-refractivity contribution in [3.63, 3.8) is 0 Å². The van der Waals surface area contributed by atoms with Crippen LogP contribution in [0.1, 0.15) is 47.2 Å². The maximum Gasteiger partial charge on any atom is 0.419 e. The van der Waals surface area contributed by atoms with E-state index >= 15 is 0 Å². The molecular formula is C28H29F3N4O5S. The smallest absolute Gasteiger partial charge is 0.419 e. The third-order valence-electron chi connectivity index (χ3n) is 6.99. The summed E-state index contributed by atoms with van der Waals surface area (Å²) in [7, 11) is 0. The molecule has 41 heavy (non-hydrogen) atoms. The van der Waals surface area contributed by atoms with Gasteiger partial charge in [0, 0.05) is 30.5 Å². The number of Topliss-reactive ketones (excluding diaryl/α,β-unsaturated/α-hetero) is 1. The van der Waals surface area contributed by atoms with Gasteiger partial charge in [0.05, 0.1) is 55.8 Å². The Morgan fingerprint density at radius 2 is 1.95 bits per heavy atom. The Morgan fingerprint density at radius 1 is 1.15 bits per heavy atom. The van der Waals surface area contributed by atoms with E-state index < -0.39 is 17.8 Å². The van der Waals surface area contributed by atoms with Crippen molar-refractivity contribution in [2.45, 2.75) is 44.9 Å². The number of anilines is 1. The second kappa shape index (κ2) is 12.5. The summed E-state index contributed by atoms with van der Waals surface area (Å²) in [5.41, 5.74) is -0.0958. The van der Waals surface area contributed by atoms with Gasteiger partial charge in [0.2, 0.25) is 0 Å². The number of carbonyl (C=O) groups excluding carboxylic acids is 2. The Morgan fingerprint density at radius 3 is 2.61 bits per heavy atom. The van der Waals surface area contributed by atoms with Gasteiger partial charge in [0.25, 0.3) is 0 Å². The van der Waals surface area contributed by atoms with Crippen molar-refractivity contribution in [2.24, 2.45) is 5.92 Å². The van der Waals surface area contributed by atoms with Crippen molar-refractivity contribution in [1.29, 1.82) is 0 Å². The largest absolute Gasteiger partial charge is 0.487 e. The quantitative estimate of drug-likeness (QED) is 0.252. The topological polar surface area (TPSA) is 104 Å². The van der Waals surface area contributed by atoms with Gasteiger partial charge in [-0.3, -0.25) is 9.59 Å². The lowest BCUT2D eigenvalue weighted by Crippen LogP contribution is -2.37. The Kier molecular flexibility index (Phi) is 8.83. The molecule has 0 aliphatic carbocycles. The molecule has 2 aromatic heterocycles. The lowest BCUT2D eigenvalue weighted by Gasteiger charge is -2.31. The number of halogens is 3. The molecule has 1 aromatic carbocycles. The Hall–Kier alpha value is -3.58. The first-order valence-corrected chi connectivity index (χ1v) is 14.3. The number of ketones is 1. The van der Waals surface area contributed by atoms with Gasteiger partial charge in [-0.05, 0) is 38.0 Å². The van der Waals surface area contributed by atoms with E-state index in [0.29, 0.717) is 62.1 Å².